The second-order valence-electron chi connectivity index (χ2n) is 7.58. The molecule has 0 saturated carbocycles. The summed E-state index contributed by atoms with van der Waals surface area (Å²) in [5, 5.41) is 3.67. The minimum Gasteiger partial charge on any atom is -0.496 e. The highest BCUT2D eigenvalue weighted by Gasteiger charge is 2.32. The van der Waals surface area contributed by atoms with Crippen LogP contribution in [0.3, 0.4) is 0 Å². The molecule has 0 aliphatic heterocycles. The molecule has 0 bridgehead atoms. The van der Waals surface area contributed by atoms with Gasteiger partial charge in [0.2, 0.25) is 5.91 Å². The fourth-order valence-electron chi connectivity index (χ4n) is 3.33. The van der Waals surface area contributed by atoms with Crippen molar-refractivity contribution in [2.45, 2.75) is 17.5 Å². The lowest BCUT2D eigenvalue weighted by atomic mass is 10.1. The molecule has 3 rings (SSSR count). The summed E-state index contributed by atoms with van der Waals surface area (Å²) in [6.45, 7) is 0. The third kappa shape index (κ3) is 6.94. The molecule has 3 aromatic carbocycles. The molecule has 0 aliphatic carbocycles. The molecule has 38 heavy (non-hydrogen) atoms. The largest absolute Gasteiger partial charge is 0.496 e. The van der Waals surface area contributed by atoms with Crippen LogP contribution in [0, 0.1) is 0 Å². The Labute approximate surface area is 216 Å². The summed E-state index contributed by atoms with van der Waals surface area (Å²) in [5.41, 5.74) is 0.969. The van der Waals surface area contributed by atoms with E-state index >= 15 is 0 Å². The molecule has 0 saturated heterocycles. The Bertz CT molecular complexity index is 1400. The summed E-state index contributed by atoms with van der Waals surface area (Å²) in [4.78, 5) is 12.0. The van der Waals surface area contributed by atoms with Crippen molar-refractivity contribution in [2.24, 2.45) is 5.10 Å². The fourth-order valence-corrected chi connectivity index (χ4v) is 4.42. The number of hydrazone groups is 1. The molecule has 0 unspecified atom stereocenters. The summed E-state index contributed by atoms with van der Waals surface area (Å²) >= 11 is 0. The van der Waals surface area contributed by atoms with E-state index in [1.54, 1.807) is 18.2 Å². The normalized spacial score (nSPS) is 11.7. The van der Waals surface area contributed by atoms with Crippen molar-refractivity contribution < 1.29 is 44.8 Å². The molecule has 13 heteroatoms. The number of methoxy groups -OCH3 is 3. The maximum Gasteiger partial charge on any atom is 0.416 e. The van der Waals surface area contributed by atoms with Crippen molar-refractivity contribution >= 4 is 22.2 Å². The number of amides is 1. The van der Waals surface area contributed by atoms with Crippen LogP contribution < -0.4 is 23.8 Å². The maximum absolute atomic E-state index is 13.3. The van der Waals surface area contributed by atoms with E-state index < -0.39 is 38.2 Å². The number of hydrogen-bond acceptors (Lipinski definition) is 8. The van der Waals surface area contributed by atoms with Gasteiger partial charge in [-0.1, -0.05) is 18.2 Å². The number of halogens is 3. The van der Waals surface area contributed by atoms with Crippen molar-refractivity contribution in [1.82, 2.24) is 5.43 Å². The third-order valence-electron chi connectivity index (χ3n) is 5.10. The van der Waals surface area contributed by atoms with Gasteiger partial charge in [0.05, 0.1) is 39.5 Å². The van der Waals surface area contributed by atoms with E-state index in [0.29, 0.717) is 34.9 Å². The van der Waals surface area contributed by atoms with Crippen LogP contribution in [0.1, 0.15) is 16.7 Å². The van der Waals surface area contributed by atoms with Gasteiger partial charge in [0.25, 0.3) is 0 Å². The minimum absolute atomic E-state index is 0.0361. The SMILES string of the molecule is COc1cc(OC)c(CC(=O)N/N=C/c2cc(C(F)(F)F)ccc2S(=O)(=O)Oc2ccccc2)c(OC)c1. The van der Waals surface area contributed by atoms with Gasteiger partial charge in [-0.25, -0.2) is 5.43 Å². The Morgan fingerprint density at radius 1 is 0.921 bits per heavy atom. The summed E-state index contributed by atoms with van der Waals surface area (Å²) < 4.78 is 86.3. The van der Waals surface area contributed by atoms with E-state index in [4.69, 9.17) is 18.4 Å². The Hall–Kier alpha value is -4.26. The zero-order valence-electron chi connectivity index (χ0n) is 20.4. The van der Waals surface area contributed by atoms with Crippen molar-refractivity contribution in [3.05, 3.63) is 77.4 Å². The first-order chi connectivity index (χ1) is 18.0. The molecule has 0 aliphatic rings. The molecule has 0 radical (unpaired) electrons. The molecule has 9 nitrogen and oxygen atoms in total. The Morgan fingerprint density at radius 2 is 1.55 bits per heavy atom. The molecule has 0 fully saturated rings. The second-order valence-corrected chi connectivity index (χ2v) is 9.10. The number of para-hydroxylation sites is 1. The number of carbonyl (C=O) groups is 1. The fraction of sp³-hybridized carbons (Fsp3) is 0.200. The van der Waals surface area contributed by atoms with Crippen molar-refractivity contribution in [3.63, 3.8) is 0 Å². The quantitative estimate of drug-likeness (QED) is 0.228. The van der Waals surface area contributed by atoms with Gasteiger partial charge in [-0.3, -0.25) is 4.79 Å². The van der Waals surface area contributed by atoms with Crippen molar-refractivity contribution in [3.8, 4) is 23.0 Å². The highest BCUT2D eigenvalue weighted by Crippen LogP contribution is 2.34. The number of carbonyl (C=O) groups excluding carboxylic acids is 1. The van der Waals surface area contributed by atoms with Gasteiger partial charge in [-0.15, -0.1) is 0 Å². The standard InChI is InChI=1S/C25H23F3N2O7S/c1-34-19-12-21(35-2)20(22(13-19)36-3)14-24(31)30-29-15-16-11-17(25(26,27)28)9-10-23(16)38(32,33)37-18-7-5-4-6-8-18/h4-13,15H,14H2,1-3H3,(H,30,31)/b29-15+. The number of nitrogens with zero attached hydrogens (tertiary/aromatic N) is 1. The van der Waals surface area contributed by atoms with E-state index in [0.717, 1.165) is 12.3 Å². The van der Waals surface area contributed by atoms with Crippen LogP contribution in [0.15, 0.2) is 70.7 Å². The summed E-state index contributed by atoms with van der Waals surface area (Å²) in [5.74, 6) is 0.303. The lowest BCUT2D eigenvalue weighted by Gasteiger charge is -2.14. The topological polar surface area (TPSA) is 113 Å². The number of ether oxygens (including phenoxy) is 3. The summed E-state index contributed by atoms with van der Waals surface area (Å²) in [6.07, 6.45) is -4.24. The molecular formula is C25H23F3N2O7S. The summed E-state index contributed by atoms with van der Waals surface area (Å²) in [6, 6.07) is 12.5. The van der Waals surface area contributed by atoms with Crippen LogP contribution >= 0.6 is 0 Å². The first-order valence-electron chi connectivity index (χ1n) is 10.8. The van der Waals surface area contributed by atoms with Gasteiger partial charge in [-0.2, -0.15) is 26.7 Å². The molecule has 202 valence electrons. The monoisotopic (exact) mass is 552 g/mol. The van der Waals surface area contributed by atoms with Crippen molar-refractivity contribution in [2.75, 3.05) is 21.3 Å². The van der Waals surface area contributed by atoms with Crippen LogP contribution in [0.25, 0.3) is 0 Å². The lowest BCUT2D eigenvalue weighted by molar-refractivity contribution is -0.137. The first kappa shape index (κ1) is 28.3. The van der Waals surface area contributed by atoms with Gasteiger partial charge in [0.1, 0.15) is 27.9 Å². The lowest BCUT2D eigenvalue weighted by Crippen LogP contribution is -2.21. The van der Waals surface area contributed by atoms with Crippen LogP contribution in [0.5, 0.6) is 23.0 Å². The smallest absolute Gasteiger partial charge is 0.416 e. The molecule has 1 N–H and O–H groups in total. The van der Waals surface area contributed by atoms with Gasteiger partial charge >= 0.3 is 16.3 Å². The molecule has 0 heterocycles. The predicted molar refractivity (Wildman–Crippen MR) is 131 cm³/mol. The zero-order valence-corrected chi connectivity index (χ0v) is 21.2. The molecular weight excluding hydrogens is 529 g/mol. The Balaban J connectivity index is 1.88. The van der Waals surface area contributed by atoms with E-state index in [9.17, 15) is 26.4 Å². The average Bonchev–Trinajstić information content (AvgIpc) is 2.88. The van der Waals surface area contributed by atoms with Gasteiger partial charge in [0, 0.05) is 23.3 Å². The number of alkyl halides is 3. The van der Waals surface area contributed by atoms with Crippen LogP contribution in [0.2, 0.25) is 0 Å². The highest BCUT2D eigenvalue weighted by atomic mass is 32.2. The minimum atomic E-state index is -4.75. The van der Waals surface area contributed by atoms with E-state index in [2.05, 4.69) is 10.5 Å². The van der Waals surface area contributed by atoms with Crippen LogP contribution in [0.4, 0.5) is 13.2 Å². The molecule has 0 spiro atoms. The number of benzene rings is 3. The molecule has 0 aromatic heterocycles. The Kier molecular flexibility index (Phi) is 8.84. The van der Waals surface area contributed by atoms with Gasteiger partial charge < -0.3 is 18.4 Å². The maximum atomic E-state index is 13.3. The van der Waals surface area contributed by atoms with E-state index in [-0.39, 0.29) is 12.2 Å². The summed E-state index contributed by atoms with van der Waals surface area (Å²) in [7, 11) is -0.320. The second kappa shape index (κ2) is 11.9. The zero-order chi connectivity index (χ0) is 27.9. The van der Waals surface area contributed by atoms with E-state index in [1.165, 1.54) is 45.6 Å². The highest BCUT2D eigenvalue weighted by molar-refractivity contribution is 7.87. The number of rotatable bonds is 10. The molecule has 1 amide bonds. The van der Waals surface area contributed by atoms with Gasteiger partial charge in [-0.05, 0) is 30.3 Å². The predicted octanol–water partition coefficient (Wildman–Crippen LogP) is 4.19. The first-order valence-corrected chi connectivity index (χ1v) is 12.2. The third-order valence-corrected chi connectivity index (χ3v) is 6.43. The van der Waals surface area contributed by atoms with E-state index in [1.807, 2.05) is 0 Å². The Morgan fingerprint density at radius 3 is 2.11 bits per heavy atom. The van der Waals surface area contributed by atoms with Gasteiger partial charge in [0.15, 0.2) is 0 Å². The van der Waals surface area contributed by atoms with Crippen molar-refractivity contribution in [1.29, 1.82) is 0 Å². The average molecular weight is 553 g/mol. The number of hydrogen-bond donors (Lipinski definition) is 1. The number of nitrogens with one attached hydrogen (secondary N) is 1. The van der Waals surface area contributed by atoms with Crippen LogP contribution in [-0.4, -0.2) is 41.9 Å². The van der Waals surface area contributed by atoms with Crippen LogP contribution in [-0.2, 0) is 27.5 Å². The molecule has 0 atom stereocenters. The molecule has 3 aromatic rings.